The summed E-state index contributed by atoms with van der Waals surface area (Å²) in [6.07, 6.45) is 0. The van der Waals surface area contributed by atoms with E-state index in [1.54, 1.807) is 12.1 Å². The predicted octanol–water partition coefficient (Wildman–Crippen LogP) is 1.87. The second-order valence-electron chi connectivity index (χ2n) is 3.19. The lowest BCUT2D eigenvalue weighted by atomic mass is 10.1. The van der Waals surface area contributed by atoms with Gasteiger partial charge in [-0.1, -0.05) is 6.07 Å². The summed E-state index contributed by atoms with van der Waals surface area (Å²) < 4.78 is 15.6. The van der Waals surface area contributed by atoms with E-state index in [1.807, 2.05) is 19.9 Å². The molecule has 0 saturated carbocycles. The summed E-state index contributed by atoms with van der Waals surface area (Å²) in [6, 6.07) is 5.35. The normalized spacial score (nSPS) is 15.1. The lowest BCUT2D eigenvalue weighted by molar-refractivity contribution is -0.188. The van der Waals surface area contributed by atoms with Crippen LogP contribution in [0.3, 0.4) is 0 Å². The number of hydrogen-bond acceptors (Lipinski definition) is 3. The van der Waals surface area contributed by atoms with E-state index in [-0.39, 0.29) is 0 Å². The van der Waals surface area contributed by atoms with Crippen LogP contribution in [0.15, 0.2) is 18.2 Å². The third kappa shape index (κ3) is 3.62. The molecule has 4 heteroatoms. The van der Waals surface area contributed by atoms with E-state index < -0.39 is 7.60 Å². The summed E-state index contributed by atoms with van der Waals surface area (Å²) in [5.41, 5.74) is 1.98. The van der Waals surface area contributed by atoms with E-state index in [1.165, 1.54) is 0 Å². The van der Waals surface area contributed by atoms with Crippen LogP contribution in [0.5, 0.6) is 5.75 Å². The molecule has 0 aliphatic heterocycles. The molecule has 0 aliphatic rings. The first-order valence-corrected chi connectivity index (χ1v) is 5.92. The van der Waals surface area contributed by atoms with Crippen molar-refractivity contribution >= 4 is 7.60 Å². The van der Waals surface area contributed by atoms with Crippen LogP contribution in [0.2, 0.25) is 0 Å². The second kappa shape index (κ2) is 3.52. The zero-order valence-electron chi connectivity index (χ0n) is 7.90. The molecule has 1 aromatic carbocycles. The summed E-state index contributed by atoms with van der Waals surface area (Å²) in [6.45, 7) is 4.85. The molecule has 13 heavy (non-hydrogen) atoms. The van der Waals surface area contributed by atoms with Gasteiger partial charge >= 0.3 is 0 Å². The standard InChI is InChI=1S/C9H13O3P/c1-7-4-8(2)6-9(5-7)12-13(3,10)11/h4-6H,1-3H3,(H,10,11)/p-1. The lowest BCUT2D eigenvalue weighted by Crippen LogP contribution is -2.05. The van der Waals surface area contributed by atoms with E-state index in [4.69, 9.17) is 4.52 Å². The largest absolute Gasteiger partial charge is 0.769 e. The summed E-state index contributed by atoms with van der Waals surface area (Å²) in [5, 5.41) is 0. The Hall–Kier alpha value is -0.790. The Bertz CT molecular complexity index is 334. The van der Waals surface area contributed by atoms with Crippen LogP contribution in [0, 0.1) is 13.8 Å². The molecule has 72 valence electrons. The minimum Gasteiger partial charge on any atom is -0.769 e. The van der Waals surface area contributed by atoms with Crippen LogP contribution in [0.4, 0.5) is 0 Å². The Labute approximate surface area is 77.9 Å². The average molecular weight is 199 g/mol. The van der Waals surface area contributed by atoms with E-state index >= 15 is 0 Å². The molecule has 0 saturated heterocycles. The highest BCUT2D eigenvalue weighted by molar-refractivity contribution is 7.50. The molecule has 0 aromatic heterocycles. The number of rotatable bonds is 2. The zero-order valence-corrected chi connectivity index (χ0v) is 8.80. The molecule has 0 aliphatic carbocycles. The van der Waals surface area contributed by atoms with Gasteiger partial charge in [0.05, 0.1) is 0 Å². The van der Waals surface area contributed by atoms with Crippen molar-refractivity contribution in [1.29, 1.82) is 0 Å². The van der Waals surface area contributed by atoms with Crippen molar-refractivity contribution in [3.63, 3.8) is 0 Å². The summed E-state index contributed by atoms with van der Waals surface area (Å²) in [4.78, 5) is 10.8. The van der Waals surface area contributed by atoms with Crippen LogP contribution >= 0.6 is 7.60 Å². The highest BCUT2D eigenvalue weighted by atomic mass is 31.2. The maximum absolute atomic E-state index is 10.8. The van der Waals surface area contributed by atoms with Crippen molar-refractivity contribution in [2.75, 3.05) is 6.66 Å². The van der Waals surface area contributed by atoms with Crippen LogP contribution in [0.1, 0.15) is 11.1 Å². The fourth-order valence-electron chi connectivity index (χ4n) is 1.18. The van der Waals surface area contributed by atoms with Crippen molar-refractivity contribution < 1.29 is 14.0 Å². The molecule has 1 atom stereocenters. The Kier molecular flexibility index (Phi) is 2.79. The van der Waals surface area contributed by atoms with Crippen LogP contribution in [0.25, 0.3) is 0 Å². The molecule has 0 bridgehead atoms. The van der Waals surface area contributed by atoms with Gasteiger partial charge < -0.3 is 9.42 Å². The third-order valence-corrected chi connectivity index (χ3v) is 2.01. The molecule has 0 amide bonds. The molecule has 3 nitrogen and oxygen atoms in total. The quantitative estimate of drug-likeness (QED) is 0.683. The molecule has 0 fully saturated rings. The highest BCUT2D eigenvalue weighted by Crippen LogP contribution is 2.34. The summed E-state index contributed by atoms with van der Waals surface area (Å²) >= 11 is 0. The smallest absolute Gasteiger partial charge is 0.181 e. The van der Waals surface area contributed by atoms with Gasteiger partial charge in [0, 0.05) is 6.66 Å². The predicted molar refractivity (Wildman–Crippen MR) is 50.1 cm³/mol. The van der Waals surface area contributed by atoms with Crippen molar-refractivity contribution in [2.45, 2.75) is 13.8 Å². The molecule has 1 rings (SSSR count). The Morgan fingerprint density at radius 2 is 1.69 bits per heavy atom. The monoisotopic (exact) mass is 199 g/mol. The van der Waals surface area contributed by atoms with Crippen LogP contribution in [-0.2, 0) is 4.57 Å². The molecule has 0 heterocycles. The van der Waals surface area contributed by atoms with Gasteiger partial charge in [-0.25, -0.2) is 0 Å². The van der Waals surface area contributed by atoms with Crippen LogP contribution < -0.4 is 9.42 Å². The molecule has 1 unspecified atom stereocenters. The van der Waals surface area contributed by atoms with Crippen molar-refractivity contribution in [3.8, 4) is 5.75 Å². The van der Waals surface area contributed by atoms with Crippen molar-refractivity contribution in [3.05, 3.63) is 29.3 Å². The van der Waals surface area contributed by atoms with Gasteiger partial charge in [-0.3, -0.25) is 4.57 Å². The maximum Gasteiger partial charge on any atom is 0.181 e. The van der Waals surface area contributed by atoms with E-state index in [0.29, 0.717) is 5.75 Å². The molecule has 1 aromatic rings. The van der Waals surface area contributed by atoms with Gasteiger partial charge in [-0.2, -0.15) is 0 Å². The van der Waals surface area contributed by atoms with E-state index in [0.717, 1.165) is 17.8 Å². The maximum atomic E-state index is 10.8. The molecule has 0 spiro atoms. The number of hydrogen-bond donors (Lipinski definition) is 0. The minimum absolute atomic E-state index is 0.387. The second-order valence-corrected chi connectivity index (χ2v) is 4.91. The highest BCUT2D eigenvalue weighted by Gasteiger charge is 2.02. The Morgan fingerprint density at radius 3 is 2.08 bits per heavy atom. The fourth-order valence-corrected chi connectivity index (χ4v) is 1.67. The first-order valence-electron chi connectivity index (χ1n) is 3.93. The summed E-state index contributed by atoms with van der Waals surface area (Å²) in [7, 11) is -3.68. The van der Waals surface area contributed by atoms with Crippen molar-refractivity contribution in [1.82, 2.24) is 0 Å². The molecular formula is C9H12O3P-. The van der Waals surface area contributed by atoms with Gasteiger partial charge in [0.15, 0.2) is 7.60 Å². The Balaban J connectivity index is 2.96. The Morgan fingerprint density at radius 1 is 1.23 bits per heavy atom. The van der Waals surface area contributed by atoms with E-state index in [9.17, 15) is 9.46 Å². The summed E-state index contributed by atoms with van der Waals surface area (Å²) in [5.74, 6) is 0.387. The average Bonchev–Trinajstić information content (AvgIpc) is 1.78. The number of benzene rings is 1. The van der Waals surface area contributed by atoms with Crippen molar-refractivity contribution in [2.24, 2.45) is 0 Å². The van der Waals surface area contributed by atoms with Crippen LogP contribution in [-0.4, -0.2) is 6.66 Å². The third-order valence-electron chi connectivity index (χ3n) is 1.47. The molecule has 0 radical (unpaired) electrons. The van der Waals surface area contributed by atoms with Gasteiger partial charge in [-0.15, -0.1) is 0 Å². The first-order chi connectivity index (χ1) is 5.87. The van der Waals surface area contributed by atoms with E-state index in [2.05, 4.69) is 0 Å². The molecule has 0 N–H and O–H groups in total. The molecular weight excluding hydrogens is 187 g/mol. The zero-order chi connectivity index (χ0) is 10.1. The lowest BCUT2D eigenvalue weighted by Gasteiger charge is -2.19. The van der Waals surface area contributed by atoms with Gasteiger partial charge in [0.2, 0.25) is 0 Å². The van der Waals surface area contributed by atoms with Gasteiger partial charge in [0.1, 0.15) is 5.75 Å². The number of aryl methyl sites for hydroxylation is 2. The first kappa shape index (κ1) is 10.3. The minimum atomic E-state index is -3.68. The topological polar surface area (TPSA) is 49.4 Å². The SMILES string of the molecule is Cc1cc(C)cc(OP(C)(=O)[O-])c1. The van der Waals surface area contributed by atoms with Gasteiger partial charge in [-0.05, 0) is 37.1 Å². The fraction of sp³-hybridized carbons (Fsp3) is 0.333. The van der Waals surface area contributed by atoms with Gasteiger partial charge in [0.25, 0.3) is 0 Å².